The molecule has 2 aromatic carbocycles. The minimum atomic E-state index is -4.64. The van der Waals surface area contributed by atoms with E-state index in [0.717, 1.165) is 31.5 Å². The number of nitrogens with two attached hydrogens (primary N) is 1. The average molecular weight is 421 g/mol. The molecule has 1 unspecified atom stereocenters. The van der Waals surface area contributed by atoms with Gasteiger partial charge in [0.15, 0.2) is 0 Å². The van der Waals surface area contributed by atoms with Crippen molar-refractivity contribution in [1.82, 2.24) is 5.32 Å². The number of benzene rings is 2. The first-order chi connectivity index (χ1) is 14.1. The molecule has 1 fully saturated rings. The van der Waals surface area contributed by atoms with Crippen LogP contribution in [-0.2, 0) is 6.18 Å². The topological polar surface area (TPSA) is 93.4 Å². The number of hydrogen-bond donors (Lipinski definition) is 3. The van der Waals surface area contributed by atoms with E-state index in [1.807, 2.05) is 0 Å². The van der Waals surface area contributed by atoms with Gasteiger partial charge in [0.1, 0.15) is 12.4 Å². The molecule has 0 spiro atoms. The zero-order chi connectivity index (χ0) is 21.9. The molecule has 0 radical (unpaired) electrons. The SMILES string of the molecule is Cc1ccc(NC(=O)c2cc(OCC3CCCN3)cc(C(F)(F)F)c2)cc1C(N)=O. The molecule has 0 aromatic heterocycles. The highest BCUT2D eigenvalue weighted by Gasteiger charge is 2.32. The van der Waals surface area contributed by atoms with Crippen molar-refractivity contribution in [2.45, 2.75) is 32.0 Å². The molecular weight excluding hydrogens is 399 g/mol. The molecule has 1 aliphatic rings. The van der Waals surface area contributed by atoms with Crippen LogP contribution in [-0.4, -0.2) is 31.0 Å². The van der Waals surface area contributed by atoms with Gasteiger partial charge in [-0.15, -0.1) is 0 Å². The number of halogens is 3. The molecular formula is C21H22F3N3O3. The van der Waals surface area contributed by atoms with E-state index in [9.17, 15) is 22.8 Å². The zero-order valence-corrected chi connectivity index (χ0v) is 16.3. The monoisotopic (exact) mass is 421 g/mol. The first-order valence-electron chi connectivity index (χ1n) is 9.44. The second kappa shape index (κ2) is 8.74. The van der Waals surface area contributed by atoms with Crippen LogP contribution in [0.15, 0.2) is 36.4 Å². The number of anilines is 1. The molecule has 4 N–H and O–H groups in total. The van der Waals surface area contributed by atoms with Crippen molar-refractivity contribution >= 4 is 17.5 Å². The first kappa shape index (κ1) is 21.6. The van der Waals surface area contributed by atoms with Gasteiger partial charge in [0.05, 0.1) is 5.56 Å². The van der Waals surface area contributed by atoms with E-state index in [0.29, 0.717) is 5.56 Å². The number of carbonyl (C=O) groups excluding carboxylic acids is 2. The first-order valence-corrected chi connectivity index (χ1v) is 9.44. The molecule has 3 rings (SSSR count). The van der Waals surface area contributed by atoms with Gasteiger partial charge in [-0.25, -0.2) is 0 Å². The zero-order valence-electron chi connectivity index (χ0n) is 16.3. The van der Waals surface area contributed by atoms with Gasteiger partial charge < -0.3 is 21.1 Å². The Hall–Kier alpha value is -3.07. The van der Waals surface area contributed by atoms with Crippen molar-refractivity contribution in [2.75, 3.05) is 18.5 Å². The van der Waals surface area contributed by atoms with Crippen LogP contribution in [0, 0.1) is 6.92 Å². The number of nitrogens with one attached hydrogen (secondary N) is 2. The number of carbonyl (C=O) groups is 2. The Morgan fingerprint density at radius 2 is 2.00 bits per heavy atom. The molecule has 0 bridgehead atoms. The van der Waals surface area contributed by atoms with Gasteiger partial charge in [-0.05, 0) is 62.2 Å². The van der Waals surface area contributed by atoms with Gasteiger partial charge in [-0.1, -0.05) is 6.07 Å². The Morgan fingerprint density at radius 3 is 2.63 bits per heavy atom. The van der Waals surface area contributed by atoms with E-state index in [-0.39, 0.29) is 35.2 Å². The van der Waals surface area contributed by atoms with Crippen LogP contribution in [0.2, 0.25) is 0 Å². The summed E-state index contributed by atoms with van der Waals surface area (Å²) in [6, 6.07) is 7.48. The van der Waals surface area contributed by atoms with Crippen molar-refractivity contribution < 1.29 is 27.5 Å². The highest BCUT2D eigenvalue weighted by atomic mass is 19.4. The lowest BCUT2D eigenvalue weighted by molar-refractivity contribution is -0.137. The molecule has 0 aliphatic carbocycles. The maximum absolute atomic E-state index is 13.3. The van der Waals surface area contributed by atoms with Crippen molar-refractivity contribution in [1.29, 1.82) is 0 Å². The number of alkyl halides is 3. The van der Waals surface area contributed by atoms with Gasteiger partial charge in [-0.2, -0.15) is 13.2 Å². The quantitative estimate of drug-likeness (QED) is 0.666. The molecule has 1 atom stereocenters. The lowest BCUT2D eigenvalue weighted by Gasteiger charge is -2.16. The third-order valence-corrected chi connectivity index (χ3v) is 4.87. The summed E-state index contributed by atoms with van der Waals surface area (Å²) in [5.41, 5.74) is 5.19. The van der Waals surface area contributed by atoms with Gasteiger partial charge >= 0.3 is 6.18 Å². The lowest BCUT2D eigenvalue weighted by atomic mass is 10.1. The number of amides is 2. The van der Waals surface area contributed by atoms with Crippen LogP contribution in [0.1, 0.15) is 44.7 Å². The largest absolute Gasteiger partial charge is 0.492 e. The fourth-order valence-electron chi connectivity index (χ4n) is 3.24. The number of aryl methyl sites for hydroxylation is 1. The van der Waals surface area contributed by atoms with Crippen LogP contribution in [0.5, 0.6) is 5.75 Å². The van der Waals surface area contributed by atoms with Gasteiger partial charge in [0.2, 0.25) is 5.91 Å². The molecule has 2 amide bonds. The van der Waals surface area contributed by atoms with Crippen LogP contribution >= 0.6 is 0 Å². The van der Waals surface area contributed by atoms with E-state index >= 15 is 0 Å². The van der Waals surface area contributed by atoms with Gasteiger partial charge in [0, 0.05) is 22.9 Å². The molecule has 0 saturated carbocycles. The summed E-state index contributed by atoms with van der Waals surface area (Å²) in [6.07, 6.45) is -2.78. The summed E-state index contributed by atoms with van der Waals surface area (Å²) in [5, 5.41) is 5.70. The lowest BCUT2D eigenvalue weighted by Crippen LogP contribution is -2.28. The Labute approximate surface area is 171 Å². The van der Waals surface area contributed by atoms with Gasteiger partial charge in [0.25, 0.3) is 5.91 Å². The third-order valence-electron chi connectivity index (χ3n) is 4.87. The Kier molecular flexibility index (Phi) is 6.31. The summed E-state index contributed by atoms with van der Waals surface area (Å²) in [4.78, 5) is 24.1. The minimum Gasteiger partial charge on any atom is -0.492 e. The summed E-state index contributed by atoms with van der Waals surface area (Å²) in [6.45, 7) is 2.73. The molecule has 6 nitrogen and oxygen atoms in total. The van der Waals surface area contributed by atoms with Crippen LogP contribution in [0.25, 0.3) is 0 Å². The maximum atomic E-state index is 13.3. The predicted molar refractivity (Wildman–Crippen MR) is 106 cm³/mol. The molecule has 1 aliphatic heterocycles. The number of rotatable bonds is 6. The van der Waals surface area contributed by atoms with Crippen molar-refractivity contribution in [2.24, 2.45) is 5.73 Å². The molecule has 1 saturated heterocycles. The van der Waals surface area contributed by atoms with E-state index < -0.39 is 23.6 Å². The van der Waals surface area contributed by atoms with Crippen LogP contribution in [0.3, 0.4) is 0 Å². The van der Waals surface area contributed by atoms with Crippen molar-refractivity contribution in [3.63, 3.8) is 0 Å². The highest BCUT2D eigenvalue weighted by Crippen LogP contribution is 2.33. The molecule has 30 heavy (non-hydrogen) atoms. The standard InChI is InChI=1S/C21H22F3N3O3/c1-12-4-5-15(10-18(12)19(25)28)27-20(29)13-7-14(21(22,23)24)9-17(8-13)30-11-16-3-2-6-26-16/h4-5,7-10,16,26H,2-3,6,11H2,1H3,(H2,25,28)(H,27,29). The summed E-state index contributed by atoms with van der Waals surface area (Å²) in [5.74, 6) is -1.46. The molecule has 1 heterocycles. The summed E-state index contributed by atoms with van der Waals surface area (Å²) in [7, 11) is 0. The van der Waals surface area contributed by atoms with Crippen LogP contribution < -0.4 is 21.1 Å². The average Bonchev–Trinajstić information content (AvgIpc) is 3.20. The summed E-state index contributed by atoms with van der Waals surface area (Å²) >= 11 is 0. The smallest absolute Gasteiger partial charge is 0.416 e. The van der Waals surface area contributed by atoms with E-state index in [1.54, 1.807) is 13.0 Å². The van der Waals surface area contributed by atoms with E-state index in [1.165, 1.54) is 18.2 Å². The predicted octanol–water partition coefficient (Wildman–Crippen LogP) is 3.50. The van der Waals surface area contributed by atoms with E-state index in [2.05, 4.69) is 10.6 Å². The third kappa shape index (κ3) is 5.29. The Balaban J connectivity index is 1.84. The van der Waals surface area contributed by atoms with Gasteiger partial charge in [-0.3, -0.25) is 9.59 Å². The Morgan fingerprint density at radius 1 is 1.23 bits per heavy atom. The van der Waals surface area contributed by atoms with Crippen molar-refractivity contribution in [3.8, 4) is 5.75 Å². The minimum absolute atomic E-state index is 0.0367. The fourth-order valence-corrected chi connectivity index (χ4v) is 3.24. The summed E-state index contributed by atoms with van der Waals surface area (Å²) < 4.78 is 45.5. The van der Waals surface area contributed by atoms with Crippen LogP contribution in [0.4, 0.5) is 18.9 Å². The molecule has 160 valence electrons. The number of primary amides is 1. The maximum Gasteiger partial charge on any atom is 0.416 e. The van der Waals surface area contributed by atoms with Crippen molar-refractivity contribution in [3.05, 3.63) is 58.7 Å². The van der Waals surface area contributed by atoms with E-state index in [4.69, 9.17) is 10.5 Å². The fraction of sp³-hybridized carbons (Fsp3) is 0.333. The molecule has 2 aromatic rings. The number of ether oxygens (including phenoxy) is 1. The second-order valence-electron chi connectivity index (χ2n) is 7.20. The highest BCUT2D eigenvalue weighted by molar-refractivity contribution is 6.05. The second-order valence-corrected chi connectivity index (χ2v) is 7.20. The normalized spacial score (nSPS) is 16.3. The number of hydrogen-bond acceptors (Lipinski definition) is 4. The molecule has 9 heteroatoms. The Bertz CT molecular complexity index is 954.